The molecule has 2 aromatic rings. The highest BCUT2D eigenvalue weighted by molar-refractivity contribution is 6.03. The Bertz CT molecular complexity index is 731. The molecule has 0 spiro atoms. The minimum absolute atomic E-state index is 0.142. The molecule has 0 aliphatic heterocycles. The summed E-state index contributed by atoms with van der Waals surface area (Å²) in [5.74, 6) is 1.09. The van der Waals surface area contributed by atoms with Gasteiger partial charge in [0.15, 0.2) is 5.82 Å². The van der Waals surface area contributed by atoms with E-state index in [4.69, 9.17) is 4.52 Å². The zero-order valence-corrected chi connectivity index (χ0v) is 14.4. The number of aryl methyl sites for hydroxylation is 1. The van der Waals surface area contributed by atoms with Crippen molar-refractivity contribution in [1.82, 2.24) is 10.5 Å². The number of hydrogen-bond acceptors (Lipinski definition) is 4. The van der Waals surface area contributed by atoms with Crippen LogP contribution in [0.15, 0.2) is 34.9 Å². The van der Waals surface area contributed by atoms with Gasteiger partial charge in [0.1, 0.15) is 5.76 Å². The number of nitrogens with zero attached hydrogens (tertiary/aromatic N) is 1. The third kappa shape index (κ3) is 4.68. The topological polar surface area (TPSA) is 84.2 Å². The molecule has 1 fully saturated rings. The van der Waals surface area contributed by atoms with Gasteiger partial charge in [-0.2, -0.15) is 0 Å². The van der Waals surface area contributed by atoms with Crippen molar-refractivity contribution in [2.24, 2.45) is 5.92 Å². The summed E-state index contributed by atoms with van der Waals surface area (Å²) >= 11 is 0. The lowest BCUT2D eigenvalue weighted by atomic mass is 9.88. The van der Waals surface area contributed by atoms with Gasteiger partial charge in [0, 0.05) is 24.1 Å². The second-order valence-electron chi connectivity index (χ2n) is 6.53. The summed E-state index contributed by atoms with van der Waals surface area (Å²) < 4.78 is 4.92. The molecule has 1 aliphatic rings. The summed E-state index contributed by atoms with van der Waals surface area (Å²) in [5, 5.41) is 9.41. The van der Waals surface area contributed by atoms with E-state index in [1.54, 1.807) is 25.1 Å². The highest BCUT2D eigenvalue weighted by Crippen LogP contribution is 2.23. The van der Waals surface area contributed by atoms with Crippen molar-refractivity contribution in [1.29, 1.82) is 0 Å². The van der Waals surface area contributed by atoms with Crippen LogP contribution >= 0.6 is 0 Å². The van der Waals surface area contributed by atoms with Crippen LogP contribution < -0.4 is 10.6 Å². The zero-order valence-electron chi connectivity index (χ0n) is 14.4. The van der Waals surface area contributed by atoms with Gasteiger partial charge >= 0.3 is 0 Å². The lowest BCUT2D eigenvalue weighted by molar-refractivity contribution is -0.126. The van der Waals surface area contributed by atoms with E-state index in [1.165, 1.54) is 6.42 Å². The van der Waals surface area contributed by atoms with Crippen LogP contribution in [-0.4, -0.2) is 17.0 Å². The SMILES string of the molecule is Cc1cc(NC(=O)c2ccc(CNC(=O)C3CCCCC3)cc2)no1. The molecule has 0 bridgehead atoms. The van der Waals surface area contributed by atoms with Gasteiger partial charge in [-0.15, -0.1) is 0 Å². The number of aromatic nitrogens is 1. The summed E-state index contributed by atoms with van der Waals surface area (Å²) in [5.41, 5.74) is 1.50. The highest BCUT2D eigenvalue weighted by Gasteiger charge is 2.20. The Kier molecular flexibility index (Phi) is 5.48. The van der Waals surface area contributed by atoms with Gasteiger partial charge < -0.3 is 15.2 Å². The largest absolute Gasteiger partial charge is 0.360 e. The minimum Gasteiger partial charge on any atom is -0.360 e. The van der Waals surface area contributed by atoms with E-state index in [-0.39, 0.29) is 17.7 Å². The predicted octanol–water partition coefficient (Wildman–Crippen LogP) is 3.43. The second-order valence-corrected chi connectivity index (χ2v) is 6.53. The monoisotopic (exact) mass is 341 g/mol. The molecular weight excluding hydrogens is 318 g/mol. The quantitative estimate of drug-likeness (QED) is 0.872. The number of rotatable bonds is 5. The fourth-order valence-electron chi connectivity index (χ4n) is 3.09. The number of hydrogen-bond donors (Lipinski definition) is 2. The first kappa shape index (κ1) is 17.2. The Hall–Kier alpha value is -2.63. The number of nitrogens with one attached hydrogen (secondary N) is 2. The number of benzene rings is 1. The third-order valence-corrected chi connectivity index (χ3v) is 4.53. The van der Waals surface area contributed by atoms with E-state index in [9.17, 15) is 9.59 Å². The van der Waals surface area contributed by atoms with E-state index < -0.39 is 0 Å². The molecule has 1 aromatic heterocycles. The maximum absolute atomic E-state index is 12.2. The molecule has 3 rings (SSSR count). The first-order chi connectivity index (χ1) is 12.1. The summed E-state index contributed by atoms with van der Waals surface area (Å²) in [6.45, 7) is 2.25. The maximum atomic E-state index is 12.2. The van der Waals surface area contributed by atoms with Gasteiger partial charge in [0.2, 0.25) is 5.91 Å². The molecule has 0 radical (unpaired) electrons. The van der Waals surface area contributed by atoms with Crippen LogP contribution in [0.25, 0.3) is 0 Å². The third-order valence-electron chi connectivity index (χ3n) is 4.53. The molecule has 0 unspecified atom stereocenters. The van der Waals surface area contributed by atoms with Crippen molar-refractivity contribution in [2.75, 3.05) is 5.32 Å². The van der Waals surface area contributed by atoms with Crippen LogP contribution in [0.4, 0.5) is 5.82 Å². The summed E-state index contributed by atoms with van der Waals surface area (Å²) in [7, 11) is 0. The van der Waals surface area contributed by atoms with E-state index >= 15 is 0 Å². The van der Waals surface area contributed by atoms with Gasteiger partial charge in [-0.05, 0) is 37.5 Å². The molecule has 2 amide bonds. The van der Waals surface area contributed by atoms with Crippen molar-refractivity contribution in [3.63, 3.8) is 0 Å². The van der Waals surface area contributed by atoms with E-state index in [2.05, 4.69) is 15.8 Å². The van der Waals surface area contributed by atoms with Crippen LogP contribution in [0.5, 0.6) is 0 Å². The second kappa shape index (κ2) is 7.96. The zero-order chi connectivity index (χ0) is 17.6. The molecule has 1 saturated carbocycles. The molecule has 1 heterocycles. The van der Waals surface area contributed by atoms with E-state index in [1.807, 2.05) is 12.1 Å². The summed E-state index contributed by atoms with van der Waals surface area (Å²) in [4.78, 5) is 24.3. The summed E-state index contributed by atoms with van der Waals surface area (Å²) in [6, 6.07) is 8.84. The normalized spacial score (nSPS) is 14.9. The number of amides is 2. The molecule has 6 heteroatoms. The lowest BCUT2D eigenvalue weighted by Crippen LogP contribution is -2.31. The standard InChI is InChI=1S/C19H23N3O3/c1-13-11-17(22-25-13)21-19(24)16-9-7-14(8-10-16)12-20-18(23)15-5-3-2-4-6-15/h7-11,15H,2-6,12H2,1H3,(H,20,23)(H,21,22,24). The van der Waals surface area contributed by atoms with Crippen LogP contribution in [0.2, 0.25) is 0 Å². The highest BCUT2D eigenvalue weighted by atomic mass is 16.5. The molecule has 1 aromatic carbocycles. The molecule has 25 heavy (non-hydrogen) atoms. The van der Waals surface area contributed by atoms with Crippen molar-refractivity contribution in [3.05, 3.63) is 47.2 Å². The predicted molar refractivity (Wildman–Crippen MR) is 94.1 cm³/mol. The van der Waals surface area contributed by atoms with Crippen molar-refractivity contribution >= 4 is 17.6 Å². The Morgan fingerprint density at radius 2 is 1.88 bits per heavy atom. The molecule has 2 N–H and O–H groups in total. The van der Waals surface area contributed by atoms with Crippen molar-refractivity contribution in [2.45, 2.75) is 45.6 Å². The Balaban J connectivity index is 1.51. The maximum Gasteiger partial charge on any atom is 0.256 e. The van der Waals surface area contributed by atoms with Crippen molar-refractivity contribution in [3.8, 4) is 0 Å². The Morgan fingerprint density at radius 1 is 1.16 bits per heavy atom. The fourth-order valence-corrected chi connectivity index (χ4v) is 3.09. The fraction of sp³-hybridized carbons (Fsp3) is 0.421. The van der Waals surface area contributed by atoms with Crippen LogP contribution in [-0.2, 0) is 11.3 Å². The molecule has 0 saturated heterocycles. The van der Waals surface area contributed by atoms with E-state index in [0.29, 0.717) is 23.7 Å². The van der Waals surface area contributed by atoms with E-state index in [0.717, 1.165) is 31.2 Å². The summed E-state index contributed by atoms with van der Waals surface area (Å²) in [6.07, 6.45) is 5.51. The number of carbonyl (C=O) groups excluding carboxylic acids is 2. The average molecular weight is 341 g/mol. The van der Waals surface area contributed by atoms with Crippen molar-refractivity contribution < 1.29 is 14.1 Å². The van der Waals surface area contributed by atoms with Gasteiger partial charge in [-0.3, -0.25) is 9.59 Å². The smallest absolute Gasteiger partial charge is 0.256 e. The molecular formula is C19H23N3O3. The Labute approximate surface area is 147 Å². The average Bonchev–Trinajstić information content (AvgIpc) is 3.05. The van der Waals surface area contributed by atoms with Crippen LogP contribution in [0.3, 0.4) is 0 Å². The lowest BCUT2D eigenvalue weighted by Gasteiger charge is -2.20. The van der Waals surface area contributed by atoms with Crippen LogP contribution in [0, 0.1) is 12.8 Å². The van der Waals surface area contributed by atoms with Gasteiger partial charge in [-0.1, -0.05) is 36.6 Å². The Morgan fingerprint density at radius 3 is 2.52 bits per heavy atom. The van der Waals surface area contributed by atoms with Gasteiger partial charge in [0.05, 0.1) is 0 Å². The van der Waals surface area contributed by atoms with Crippen LogP contribution in [0.1, 0.15) is 53.8 Å². The first-order valence-electron chi connectivity index (χ1n) is 8.73. The minimum atomic E-state index is -0.244. The van der Waals surface area contributed by atoms with Gasteiger partial charge in [0.25, 0.3) is 5.91 Å². The number of carbonyl (C=O) groups is 2. The molecule has 132 valence electrons. The van der Waals surface area contributed by atoms with Gasteiger partial charge in [-0.25, -0.2) is 0 Å². The molecule has 1 aliphatic carbocycles. The number of anilines is 1. The molecule has 6 nitrogen and oxygen atoms in total. The first-order valence-corrected chi connectivity index (χ1v) is 8.73. The molecule has 0 atom stereocenters.